The lowest BCUT2D eigenvalue weighted by Crippen LogP contribution is -2.17. The van der Waals surface area contributed by atoms with Crippen molar-refractivity contribution in [3.05, 3.63) is 66.8 Å². The fraction of sp³-hybridized carbons (Fsp3) is 0.364. The highest BCUT2D eigenvalue weighted by Gasteiger charge is 2.27. The molecular formula is C22H26O5. The minimum absolute atomic E-state index is 0.0486. The van der Waals surface area contributed by atoms with Crippen LogP contribution < -0.4 is 4.74 Å². The van der Waals surface area contributed by atoms with Gasteiger partial charge in [-0.15, -0.1) is 0 Å². The Labute approximate surface area is 159 Å². The molecule has 5 nitrogen and oxygen atoms in total. The summed E-state index contributed by atoms with van der Waals surface area (Å²) in [6, 6.07) is 9.28. The van der Waals surface area contributed by atoms with E-state index in [2.05, 4.69) is 0 Å². The summed E-state index contributed by atoms with van der Waals surface area (Å²) in [6.07, 6.45) is 12.1. The van der Waals surface area contributed by atoms with Crippen molar-refractivity contribution < 1.29 is 24.5 Å². The minimum Gasteiger partial charge on any atom is -0.491 e. The van der Waals surface area contributed by atoms with Gasteiger partial charge in [0.15, 0.2) is 5.78 Å². The van der Waals surface area contributed by atoms with Gasteiger partial charge < -0.3 is 14.9 Å². The van der Waals surface area contributed by atoms with Gasteiger partial charge in [0.1, 0.15) is 18.5 Å². The molecule has 1 aromatic carbocycles. The lowest BCUT2D eigenvalue weighted by Gasteiger charge is -2.14. The van der Waals surface area contributed by atoms with Crippen LogP contribution in [0.3, 0.4) is 0 Å². The summed E-state index contributed by atoms with van der Waals surface area (Å²) in [5, 5.41) is 18.7. The van der Waals surface area contributed by atoms with Gasteiger partial charge in [-0.25, -0.2) is 0 Å². The maximum atomic E-state index is 12.0. The van der Waals surface area contributed by atoms with Crippen LogP contribution in [0.25, 0.3) is 0 Å². The number of carboxylic acids is 1. The van der Waals surface area contributed by atoms with E-state index < -0.39 is 12.1 Å². The van der Waals surface area contributed by atoms with Crippen LogP contribution >= 0.6 is 0 Å². The third-order valence-corrected chi connectivity index (χ3v) is 4.35. The van der Waals surface area contributed by atoms with Crippen LogP contribution in [0, 0.1) is 11.8 Å². The van der Waals surface area contributed by atoms with Gasteiger partial charge >= 0.3 is 5.97 Å². The monoisotopic (exact) mass is 370 g/mol. The number of hydrogen-bond donors (Lipinski definition) is 2. The molecule has 3 atom stereocenters. The van der Waals surface area contributed by atoms with E-state index in [1.54, 1.807) is 12.2 Å². The van der Waals surface area contributed by atoms with E-state index in [-0.39, 0.29) is 30.6 Å². The van der Waals surface area contributed by atoms with E-state index in [1.165, 1.54) is 0 Å². The van der Waals surface area contributed by atoms with Crippen LogP contribution in [0.4, 0.5) is 0 Å². The van der Waals surface area contributed by atoms with Crippen molar-refractivity contribution in [1.82, 2.24) is 0 Å². The quantitative estimate of drug-likeness (QED) is 0.460. The Morgan fingerprint density at radius 3 is 2.74 bits per heavy atom. The Morgan fingerprint density at radius 1 is 1.22 bits per heavy atom. The van der Waals surface area contributed by atoms with Crippen molar-refractivity contribution in [2.75, 3.05) is 6.61 Å². The molecule has 1 aliphatic rings. The Morgan fingerprint density at radius 2 is 2.00 bits per heavy atom. The predicted octanol–water partition coefficient (Wildman–Crippen LogP) is 3.56. The van der Waals surface area contributed by atoms with E-state index in [0.29, 0.717) is 25.0 Å². The first kappa shape index (κ1) is 20.6. The number of ketones is 1. The number of ether oxygens (including phenoxy) is 1. The number of benzene rings is 1. The number of carbonyl (C=O) groups excluding carboxylic acids is 1. The third-order valence-electron chi connectivity index (χ3n) is 4.35. The highest BCUT2D eigenvalue weighted by Crippen LogP contribution is 2.27. The first-order valence-corrected chi connectivity index (χ1v) is 9.19. The average molecular weight is 370 g/mol. The van der Waals surface area contributed by atoms with Crippen molar-refractivity contribution in [3.63, 3.8) is 0 Å². The second-order valence-corrected chi connectivity index (χ2v) is 6.51. The van der Waals surface area contributed by atoms with E-state index in [4.69, 9.17) is 9.84 Å². The van der Waals surface area contributed by atoms with Crippen LogP contribution in [0.5, 0.6) is 5.75 Å². The van der Waals surface area contributed by atoms with Gasteiger partial charge in [-0.05, 0) is 37.5 Å². The van der Waals surface area contributed by atoms with Gasteiger partial charge in [-0.1, -0.05) is 48.6 Å². The van der Waals surface area contributed by atoms with Crippen molar-refractivity contribution in [2.45, 2.75) is 31.8 Å². The Bertz CT molecular complexity index is 690. The number of aliphatic hydroxyl groups excluding tert-OH is 1. The number of hydrogen-bond acceptors (Lipinski definition) is 4. The zero-order valence-corrected chi connectivity index (χ0v) is 15.2. The largest absolute Gasteiger partial charge is 0.491 e. The number of unbranched alkanes of at least 4 members (excludes halogenated alkanes) is 1. The van der Waals surface area contributed by atoms with Crippen molar-refractivity contribution in [3.8, 4) is 5.75 Å². The molecule has 0 saturated heterocycles. The van der Waals surface area contributed by atoms with Gasteiger partial charge in [-0.2, -0.15) is 0 Å². The lowest BCUT2D eigenvalue weighted by molar-refractivity contribution is -0.137. The van der Waals surface area contributed by atoms with Crippen LogP contribution in [0.1, 0.15) is 25.7 Å². The highest BCUT2D eigenvalue weighted by atomic mass is 16.5. The molecule has 0 radical (unpaired) electrons. The number of allylic oxidation sites excluding steroid dienone is 5. The molecule has 0 aliphatic heterocycles. The molecule has 2 rings (SSSR count). The van der Waals surface area contributed by atoms with E-state index in [0.717, 1.165) is 0 Å². The topological polar surface area (TPSA) is 83.8 Å². The fourth-order valence-electron chi connectivity index (χ4n) is 2.87. The smallest absolute Gasteiger partial charge is 0.303 e. The van der Waals surface area contributed by atoms with Gasteiger partial charge in [0.25, 0.3) is 0 Å². The Kier molecular flexibility index (Phi) is 8.52. The van der Waals surface area contributed by atoms with Crippen LogP contribution in [-0.2, 0) is 9.59 Å². The van der Waals surface area contributed by atoms with Gasteiger partial charge in [0.2, 0.25) is 0 Å². The molecule has 144 valence electrons. The molecule has 27 heavy (non-hydrogen) atoms. The maximum Gasteiger partial charge on any atom is 0.303 e. The third kappa shape index (κ3) is 7.62. The molecule has 0 fully saturated rings. The van der Waals surface area contributed by atoms with Crippen molar-refractivity contribution in [2.24, 2.45) is 11.8 Å². The summed E-state index contributed by atoms with van der Waals surface area (Å²) in [7, 11) is 0. The minimum atomic E-state index is -0.793. The number of carboxylic acid groups (broad SMARTS) is 1. The standard InChI is InChI=1S/C22H26O5/c23-18(16-27-19-8-4-3-5-9-19)14-12-17-13-15-21(24)20(17)10-6-1-2-7-11-22(25)26/h1,3-6,8-9,12-15,17-18,20,23H,2,7,10-11,16H2,(H,25,26)/b6-1-,14-12+/t17-,18-,20+/m0/s1. The molecule has 1 aromatic rings. The molecule has 0 amide bonds. The first-order chi connectivity index (χ1) is 13.1. The molecule has 0 aromatic heterocycles. The van der Waals surface area contributed by atoms with Crippen LogP contribution in [0.15, 0.2) is 66.8 Å². The van der Waals surface area contributed by atoms with Crippen molar-refractivity contribution >= 4 is 11.8 Å². The Hall–Kier alpha value is -2.66. The molecule has 0 unspecified atom stereocenters. The van der Waals surface area contributed by atoms with E-state index >= 15 is 0 Å². The maximum absolute atomic E-state index is 12.0. The second kappa shape index (κ2) is 11.1. The van der Waals surface area contributed by atoms with Crippen LogP contribution in [-0.4, -0.2) is 34.7 Å². The molecule has 0 heterocycles. The summed E-state index contributed by atoms with van der Waals surface area (Å²) in [4.78, 5) is 22.5. The summed E-state index contributed by atoms with van der Waals surface area (Å²) in [6.45, 7) is 0.152. The van der Waals surface area contributed by atoms with Gasteiger partial charge in [0.05, 0.1) is 0 Å². The van der Waals surface area contributed by atoms with Crippen LogP contribution in [0.2, 0.25) is 0 Å². The molecule has 1 aliphatic carbocycles. The zero-order chi connectivity index (χ0) is 19.5. The molecule has 0 saturated carbocycles. The molecule has 5 heteroatoms. The summed E-state index contributed by atoms with van der Waals surface area (Å²) in [5.41, 5.74) is 0. The lowest BCUT2D eigenvalue weighted by atomic mass is 9.90. The number of rotatable bonds is 11. The normalized spacial score (nSPS) is 20.6. The molecular weight excluding hydrogens is 344 g/mol. The molecule has 2 N–H and O–H groups in total. The van der Waals surface area contributed by atoms with E-state index in [1.807, 2.05) is 54.6 Å². The number of aliphatic carboxylic acids is 1. The summed E-state index contributed by atoms with van der Waals surface area (Å²) in [5.74, 6) is -0.230. The first-order valence-electron chi connectivity index (χ1n) is 9.19. The fourth-order valence-corrected chi connectivity index (χ4v) is 2.87. The Balaban J connectivity index is 1.76. The molecule has 0 spiro atoms. The second-order valence-electron chi connectivity index (χ2n) is 6.51. The summed E-state index contributed by atoms with van der Waals surface area (Å²) < 4.78 is 5.51. The van der Waals surface area contributed by atoms with Crippen molar-refractivity contribution in [1.29, 1.82) is 0 Å². The number of carbonyl (C=O) groups is 2. The zero-order valence-electron chi connectivity index (χ0n) is 15.2. The molecule has 0 bridgehead atoms. The number of para-hydroxylation sites is 1. The predicted molar refractivity (Wildman–Crippen MR) is 103 cm³/mol. The average Bonchev–Trinajstić information content (AvgIpc) is 3.01. The SMILES string of the molecule is O=C(O)CCC/C=C\C[C@H]1C(=O)C=C[C@@H]1/C=C/[C@H](O)COc1ccccc1. The summed E-state index contributed by atoms with van der Waals surface area (Å²) >= 11 is 0. The number of aliphatic hydroxyl groups is 1. The highest BCUT2D eigenvalue weighted by molar-refractivity contribution is 5.95. The van der Waals surface area contributed by atoms with Gasteiger partial charge in [0, 0.05) is 18.3 Å². The van der Waals surface area contributed by atoms with Gasteiger partial charge in [-0.3, -0.25) is 9.59 Å². The van der Waals surface area contributed by atoms with E-state index in [9.17, 15) is 14.7 Å².